The van der Waals surface area contributed by atoms with Crippen LogP contribution in [0.1, 0.15) is 20.8 Å². The van der Waals surface area contributed by atoms with Crippen molar-refractivity contribution in [3.63, 3.8) is 0 Å². The summed E-state index contributed by atoms with van der Waals surface area (Å²) in [6.45, 7) is 6.35. The molecule has 1 saturated heterocycles. The van der Waals surface area contributed by atoms with Gasteiger partial charge in [-0.1, -0.05) is 36.4 Å². The van der Waals surface area contributed by atoms with Gasteiger partial charge in [0.25, 0.3) is 0 Å². The Labute approximate surface area is 158 Å². The van der Waals surface area contributed by atoms with E-state index in [-0.39, 0.29) is 6.03 Å². The summed E-state index contributed by atoms with van der Waals surface area (Å²) in [6.07, 6.45) is -1.19. The van der Waals surface area contributed by atoms with Crippen LogP contribution in [0.15, 0.2) is 60.7 Å². The molecule has 2 aromatic rings. The highest BCUT2D eigenvalue weighted by Crippen LogP contribution is 2.34. The maximum absolute atomic E-state index is 13.0. The molecule has 0 bridgehead atoms. The van der Waals surface area contributed by atoms with Crippen LogP contribution in [0.25, 0.3) is 0 Å². The van der Waals surface area contributed by atoms with Crippen LogP contribution < -0.4 is 15.7 Å². The summed E-state index contributed by atoms with van der Waals surface area (Å²) in [4.78, 5) is 33.7. The second-order valence-corrected chi connectivity index (χ2v) is 6.79. The molecule has 1 unspecified atom stereocenters. The largest absolute Gasteiger partial charge is 0.430 e. The van der Waals surface area contributed by atoms with E-state index in [1.165, 1.54) is 0 Å². The molecular weight excluding hydrogens is 344 g/mol. The average Bonchev–Trinajstić information content (AvgIpc) is 2.86. The van der Waals surface area contributed by atoms with Crippen LogP contribution in [-0.4, -0.2) is 35.3 Å². The number of amides is 3. The van der Waals surface area contributed by atoms with Crippen molar-refractivity contribution in [1.29, 1.82) is 0 Å². The number of rotatable bonds is 5. The van der Waals surface area contributed by atoms with Crippen LogP contribution in [-0.2, 0) is 4.84 Å². The molecule has 1 fully saturated rings. The lowest BCUT2D eigenvalue weighted by atomic mass is 10.0. The van der Waals surface area contributed by atoms with Crippen molar-refractivity contribution in [3.05, 3.63) is 60.7 Å². The Kier molecular flexibility index (Phi) is 5.32. The Morgan fingerprint density at radius 2 is 1.67 bits per heavy atom. The summed E-state index contributed by atoms with van der Waals surface area (Å²) in [5.41, 5.74) is 3.56. The van der Waals surface area contributed by atoms with E-state index in [0.717, 1.165) is 5.69 Å². The number of para-hydroxylation sites is 2. The molecule has 0 aromatic heterocycles. The number of anilines is 2. The molecule has 1 aliphatic rings. The standard InChI is InChI=1S/C20H24N4O3/c1-4-23-19(26)24(16-13-9-6-10-14-16)17(20(23,2)3)22-27-18(25)21-15-11-7-5-8-12-15/h5-14,17,22H,4H2,1-3H3,(H,21,25). The van der Waals surface area contributed by atoms with Crippen LogP contribution in [0.2, 0.25) is 0 Å². The first-order valence-electron chi connectivity index (χ1n) is 8.89. The summed E-state index contributed by atoms with van der Waals surface area (Å²) >= 11 is 0. The van der Waals surface area contributed by atoms with E-state index in [9.17, 15) is 9.59 Å². The first-order valence-corrected chi connectivity index (χ1v) is 8.89. The van der Waals surface area contributed by atoms with Crippen LogP contribution in [0.5, 0.6) is 0 Å². The normalized spacial score (nSPS) is 18.5. The smallest absolute Gasteiger partial charge is 0.351 e. The lowest BCUT2D eigenvalue weighted by Gasteiger charge is -2.34. The number of benzene rings is 2. The Balaban J connectivity index is 1.77. The molecule has 1 aliphatic heterocycles. The second-order valence-electron chi connectivity index (χ2n) is 6.79. The van der Waals surface area contributed by atoms with Crippen molar-refractivity contribution in [2.75, 3.05) is 16.8 Å². The Morgan fingerprint density at radius 1 is 1.07 bits per heavy atom. The minimum Gasteiger partial charge on any atom is -0.351 e. The van der Waals surface area contributed by atoms with Gasteiger partial charge in [-0.05, 0) is 45.0 Å². The summed E-state index contributed by atoms with van der Waals surface area (Å²) < 4.78 is 0. The molecule has 2 N–H and O–H groups in total. The van der Waals surface area contributed by atoms with E-state index in [1.54, 1.807) is 21.9 Å². The van der Waals surface area contributed by atoms with Gasteiger partial charge in [-0.3, -0.25) is 10.2 Å². The monoisotopic (exact) mass is 368 g/mol. The highest BCUT2D eigenvalue weighted by Gasteiger charge is 2.52. The lowest BCUT2D eigenvalue weighted by Crippen LogP contribution is -2.55. The van der Waals surface area contributed by atoms with Crippen LogP contribution in [0.3, 0.4) is 0 Å². The van der Waals surface area contributed by atoms with E-state index in [0.29, 0.717) is 12.2 Å². The van der Waals surface area contributed by atoms with Gasteiger partial charge < -0.3 is 9.74 Å². The van der Waals surface area contributed by atoms with Gasteiger partial charge in [-0.15, -0.1) is 5.48 Å². The molecule has 0 radical (unpaired) electrons. The molecule has 1 atom stereocenters. The van der Waals surface area contributed by atoms with Crippen LogP contribution in [0.4, 0.5) is 21.0 Å². The fraction of sp³-hybridized carbons (Fsp3) is 0.300. The predicted molar refractivity (Wildman–Crippen MR) is 104 cm³/mol. The van der Waals surface area contributed by atoms with Crippen molar-refractivity contribution in [1.82, 2.24) is 10.4 Å². The van der Waals surface area contributed by atoms with E-state index in [1.807, 2.05) is 69.3 Å². The second kappa shape index (κ2) is 7.67. The highest BCUT2D eigenvalue weighted by atomic mass is 16.7. The van der Waals surface area contributed by atoms with Crippen molar-refractivity contribution < 1.29 is 14.4 Å². The molecular formula is C20H24N4O3. The number of hydrogen-bond acceptors (Lipinski definition) is 4. The number of carbonyl (C=O) groups is 2. The zero-order valence-corrected chi connectivity index (χ0v) is 15.7. The van der Waals surface area contributed by atoms with E-state index in [2.05, 4.69) is 10.8 Å². The molecule has 142 valence electrons. The Hall–Kier alpha value is -3.06. The van der Waals surface area contributed by atoms with Crippen molar-refractivity contribution in [2.45, 2.75) is 32.5 Å². The molecule has 7 nitrogen and oxygen atoms in total. The zero-order chi connectivity index (χ0) is 19.4. The topological polar surface area (TPSA) is 73.9 Å². The molecule has 7 heteroatoms. The Morgan fingerprint density at radius 3 is 2.26 bits per heavy atom. The fourth-order valence-electron chi connectivity index (χ4n) is 3.31. The maximum Gasteiger partial charge on any atom is 0.430 e. The van der Waals surface area contributed by atoms with Gasteiger partial charge in [0.2, 0.25) is 0 Å². The molecule has 0 saturated carbocycles. The quantitative estimate of drug-likeness (QED) is 0.787. The third-order valence-corrected chi connectivity index (χ3v) is 4.69. The Bertz CT molecular complexity index is 795. The highest BCUT2D eigenvalue weighted by molar-refractivity contribution is 5.96. The van der Waals surface area contributed by atoms with Gasteiger partial charge in [0.05, 0.1) is 5.54 Å². The molecule has 2 aromatic carbocycles. The number of likely N-dealkylation sites (N-methyl/N-ethyl adjacent to an activating group) is 1. The van der Waals surface area contributed by atoms with Gasteiger partial charge >= 0.3 is 12.1 Å². The van der Waals surface area contributed by atoms with Crippen LogP contribution >= 0.6 is 0 Å². The van der Waals surface area contributed by atoms with Gasteiger partial charge in [0, 0.05) is 17.9 Å². The van der Waals surface area contributed by atoms with E-state index >= 15 is 0 Å². The number of nitrogens with zero attached hydrogens (tertiary/aromatic N) is 2. The van der Waals surface area contributed by atoms with Crippen molar-refractivity contribution >= 4 is 23.5 Å². The molecule has 0 spiro atoms. The molecule has 3 amide bonds. The SMILES string of the molecule is CCN1C(=O)N(c2ccccc2)C(NOC(=O)Nc2ccccc2)C1(C)C. The van der Waals surface area contributed by atoms with Gasteiger partial charge in [0.15, 0.2) is 0 Å². The molecule has 1 heterocycles. The number of carbonyl (C=O) groups excluding carboxylic acids is 2. The lowest BCUT2D eigenvalue weighted by molar-refractivity contribution is 0.0487. The summed E-state index contributed by atoms with van der Waals surface area (Å²) in [5.74, 6) is 0. The van der Waals surface area contributed by atoms with Crippen LogP contribution in [0, 0.1) is 0 Å². The van der Waals surface area contributed by atoms with Crippen molar-refractivity contribution in [2.24, 2.45) is 0 Å². The number of urea groups is 1. The van der Waals surface area contributed by atoms with Gasteiger partial charge in [-0.25, -0.2) is 9.59 Å². The summed E-state index contributed by atoms with van der Waals surface area (Å²) in [5, 5.41) is 2.64. The predicted octanol–water partition coefficient (Wildman–Crippen LogP) is 3.81. The first kappa shape index (κ1) is 18.7. The fourth-order valence-corrected chi connectivity index (χ4v) is 3.31. The van der Waals surface area contributed by atoms with E-state index < -0.39 is 17.8 Å². The minimum absolute atomic E-state index is 0.140. The van der Waals surface area contributed by atoms with Gasteiger partial charge in [-0.2, -0.15) is 0 Å². The number of hydrogen-bond donors (Lipinski definition) is 2. The molecule has 3 rings (SSSR count). The summed E-state index contributed by atoms with van der Waals surface area (Å²) in [6, 6.07) is 18.2. The molecule has 27 heavy (non-hydrogen) atoms. The third-order valence-electron chi connectivity index (χ3n) is 4.69. The van der Waals surface area contributed by atoms with Gasteiger partial charge in [0.1, 0.15) is 6.17 Å². The average molecular weight is 368 g/mol. The number of nitrogens with one attached hydrogen (secondary N) is 2. The zero-order valence-electron chi connectivity index (χ0n) is 15.7. The first-order chi connectivity index (χ1) is 12.9. The number of hydroxylamine groups is 1. The summed E-state index contributed by atoms with van der Waals surface area (Å²) in [7, 11) is 0. The third kappa shape index (κ3) is 3.73. The van der Waals surface area contributed by atoms with E-state index in [4.69, 9.17) is 4.84 Å². The minimum atomic E-state index is -0.646. The maximum atomic E-state index is 13.0. The van der Waals surface area contributed by atoms with Crippen molar-refractivity contribution in [3.8, 4) is 0 Å². The molecule has 0 aliphatic carbocycles.